The summed E-state index contributed by atoms with van der Waals surface area (Å²) in [4.78, 5) is 0. The maximum absolute atomic E-state index is 13.5. The summed E-state index contributed by atoms with van der Waals surface area (Å²) >= 11 is 0. The van der Waals surface area contributed by atoms with Crippen molar-refractivity contribution in [2.75, 3.05) is 6.54 Å². The summed E-state index contributed by atoms with van der Waals surface area (Å²) in [6, 6.07) is 7.90. The number of hydrogen-bond acceptors (Lipinski definition) is 1. The minimum absolute atomic E-state index is 0.412. The van der Waals surface area contributed by atoms with Gasteiger partial charge in [-0.2, -0.15) is 0 Å². The second-order valence-corrected chi connectivity index (χ2v) is 3.99. The Kier molecular flexibility index (Phi) is 2.82. The quantitative estimate of drug-likeness (QED) is 0.781. The third-order valence-corrected chi connectivity index (χ3v) is 2.74. The van der Waals surface area contributed by atoms with Gasteiger partial charge in [-0.3, -0.25) is 0 Å². The van der Waals surface area contributed by atoms with Gasteiger partial charge >= 0.3 is 0 Å². The van der Waals surface area contributed by atoms with Crippen LogP contribution >= 0.6 is 0 Å². The molecule has 0 radical (unpaired) electrons. The largest absolute Gasteiger partial charge is 0.330 e. The van der Waals surface area contributed by atoms with Crippen molar-refractivity contribution in [3.8, 4) is 0 Å². The molecule has 0 amide bonds. The van der Waals surface area contributed by atoms with Crippen molar-refractivity contribution in [3.05, 3.63) is 35.4 Å². The van der Waals surface area contributed by atoms with Crippen molar-refractivity contribution >= 4 is 0 Å². The van der Waals surface area contributed by atoms with Gasteiger partial charge in [-0.15, -0.1) is 0 Å². The lowest BCUT2D eigenvalue weighted by molar-refractivity contribution is 0.327. The minimum Gasteiger partial charge on any atom is -0.330 e. The monoisotopic (exact) mass is 193 g/mol. The van der Waals surface area contributed by atoms with Gasteiger partial charge in [0, 0.05) is 0 Å². The number of benzene rings is 1. The van der Waals surface area contributed by atoms with Crippen molar-refractivity contribution in [1.29, 1.82) is 0 Å². The first-order chi connectivity index (χ1) is 6.81. The minimum atomic E-state index is -0.890. The van der Waals surface area contributed by atoms with E-state index in [2.05, 4.69) is 6.07 Å². The molecule has 0 heterocycles. The zero-order valence-electron chi connectivity index (χ0n) is 8.25. The summed E-state index contributed by atoms with van der Waals surface area (Å²) in [5.41, 5.74) is 7.42. The Morgan fingerprint density at radius 1 is 1.43 bits per heavy atom. The van der Waals surface area contributed by atoms with Crippen molar-refractivity contribution in [2.24, 2.45) is 5.73 Å². The van der Waals surface area contributed by atoms with E-state index in [1.807, 2.05) is 18.2 Å². The van der Waals surface area contributed by atoms with E-state index < -0.39 is 6.17 Å². The highest BCUT2D eigenvalue weighted by atomic mass is 19.1. The lowest BCUT2D eigenvalue weighted by Gasteiger charge is -2.08. The van der Waals surface area contributed by atoms with Gasteiger partial charge in [-0.25, -0.2) is 4.39 Å². The SMILES string of the molecule is NCCC(F)c1cccc(C2CC2)c1. The highest BCUT2D eigenvalue weighted by Gasteiger charge is 2.24. The Bertz CT molecular complexity index is 307. The number of nitrogens with two attached hydrogens (primary N) is 1. The van der Waals surface area contributed by atoms with E-state index in [9.17, 15) is 4.39 Å². The van der Waals surface area contributed by atoms with Crippen LogP contribution in [0.15, 0.2) is 24.3 Å². The molecule has 1 aliphatic carbocycles. The van der Waals surface area contributed by atoms with Gasteiger partial charge in [0.15, 0.2) is 0 Å². The molecule has 0 aliphatic heterocycles. The summed E-state index contributed by atoms with van der Waals surface area (Å²) in [7, 11) is 0. The summed E-state index contributed by atoms with van der Waals surface area (Å²) in [6.45, 7) is 0.412. The first kappa shape index (κ1) is 9.66. The van der Waals surface area contributed by atoms with E-state index in [0.717, 1.165) is 5.56 Å². The molecule has 1 aromatic carbocycles. The van der Waals surface area contributed by atoms with Gasteiger partial charge in [0.2, 0.25) is 0 Å². The van der Waals surface area contributed by atoms with Gasteiger partial charge in [-0.05, 0) is 42.9 Å². The molecule has 1 fully saturated rings. The maximum atomic E-state index is 13.5. The molecule has 0 saturated heterocycles. The lowest BCUT2D eigenvalue weighted by Crippen LogP contribution is -2.03. The first-order valence-electron chi connectivity index (χ1n) is 5.25. The van der Waals surface area contributed by atoms with E-state index in [4.69, 9.17) is 5.73 Å². The van der Waals surface area contributed by atoms with E-state index >= 15 is 0 Å². The van der Waals surface area contributed by atoms with Crippen LogP contribution in [0.25, 0.3) is 0 Å². The molecule has 2 rings (SSSR count). The van der Waals surface area contributed by atoms with E-state index in [1.54, 1.807) is 0 Å². The van der Waals surface area contributed by atoms with Gasteiger partial charge in [0.25, 0.3) is 0 Å². The molecule has 1 aliphatic rings. The highest BCUT2D eigenvalue weighted by Crippen LogP contribution is 2.40. The van der Waals surface area contributed by atoms with Gasteiger partial charge in [-0.1, -0.05) is 24.3 Å². The molecule has 2 N–H and O–H groups in total. The Morgan fingerprint density at radius 3 is 2.86 bits per heavy atom. The fourth-order valence-corrected chi connectivity index (χ4v) is 1.74. The average molecular weight is 193 g/mol. The van der Waals surface area contributed by atoms with E-state index in [0.29, 0.717) is 18.9 Å². The molecule has 1 saturated carbocycles. The molecule has 2 heteroatoms. The molecule has 0 bridgehead atoms. The van der Waals surface area contributed by atoms with Crippen molar-refractivity contribution in [2.45, 2.75) is 31.4 Å². The number of alkyl halides is 1. The predicted octanol–water partition coefficient (Wildman–Crippen LogP) is 2.92. The van der Waals surface area contributed by atoms with Gasteiger partial charge in [0.05, 0.1) is 0 Å². The third kappa shape index (κ3) is 2.13. The third-order valence-electron chi connectivity index (χ3n) is 2.74. The summed E-state index contributed by atoms with van der Waals surface area (Å²) in [5, 5.41) is 0. The fraction of sp³-hybridized carbons (Fsp3) is 0.500. The van der Waals surface area contributed by atoms with Crippen LogP contribution in [0.4, 0.5) is 4.39 Å². The topological polar surface area (TPSA) is 26.0 Å². The number of hydrogen-bond donors (Lipinski definition) is 1. The molecule has 14 heavy (non-hydrogen) atoms. The standard InChI is InChI=1S/C12H16FN/c13-12(6-7-14)11-3-1-2-10(8-11)9-4-5-9/h1-3,8-9,12H,4-7,14H2. The Morgan fingerprint density at radius 2 is 2.21 bits per heavy atom. The van der Waals surface area contributed by atoms with Gasteiger partial charge in [0.1, 0.15) is 6.17 Å². The van der Waals surface area contributed by atoms with Gasteiger partial charge < -0.3 is 5.73 Å². The Hall–Kier alpha value is -0.890. The second-order valence-electron chi connectivity index (χ2n) is 3.99. The summed E-state index contributed by atoms with van der Waals surface area (Å²) < 4.78 is 13.5. The van der Waals surface area contributed by atoms with Crippen LogP contribution in [0.5, 0.6) is 0 Å². The first-order valence-corrected chi connectivity index (χ1v) is 5.25. The normalized spacial score (nSPS) is 18.1. The van der Waals surface area contributed by atoms with E-state index in [1.165, 1.54) is 18.4 Å². The van der Waals surface area contributed by atoms with Crippen molar-refractivity contribution in [1.82, 2.24) is 0 Å². The number of rotatable bonds is 4. The second kappa shape index (κ2) is 4.09. The van der Waals surface area contributed by atoms with Crippen LogP contribution in [0.3, 0.4) is 0 Å². The average Bonchev–Trinajstić information content (AvgIpc) is 3.02. The lowest BCUT2D eigenvalue weighted by atomic mass is 10.0. The molecule has 0 aromatic heterocycles. The zero-order valence-corrected chi connectivity index (χ0v) is 8.25. The smallest absolute Gasteiger partial charge is 0.126 e. The molecular weight excluding hydrogens is 177 g/mol. The summed E-state index contributed by atoms with van der Waals surface area (Å²) in [6.07, 6.45) is 2.06. The fourth-order valence-electron chi connectivity index (χ4n) is 1.74. The van der Waals surface area contributed by atoms with Crippen LogP contribution in [-0.4, -0.2) is 6.54 Å². The molecule has 1 aromatic rings. The predicted molar refractivity (Wildman–Crippen MR) is 55.9 cm³/mol. The Labute approximate surface area is 84.1 Å². The maximum Gasteiger partial charge on any atom is 0.126 e. The Balaban J connectivity index is 2.12. The summed E-state index contributed by atoms with van der Waals surface area (Å²) in [5.74, 6) is 0.694. The zero-order chi connectivity index (χ0) is 9.97. The van der Waals surface area contributed by atoms with Crippen LogP contribution in [-0.2, 0) is 0 Å². The molecule has 0 spiro atoms. The van der Waals surface area contributed by atoms with Crippen LogP contribution in [0.1, 0.15) is 42.5 Å². The van der Waals surface area contributed by atoms with Crippen LogP contribution in [0.2, 0.25) is 0 Å². The number of halogens is 1. The van der Waals surface area contributed by atoms with Crippen molar-refractivity contribution in [3.63, 3.8) is 0 Å². The van der Waals surface area contributed by atoms with Crippen LogP contribution in [0, 0.1) is 0 Å². The molecular formula is C12H16FN. The molecule has 1 nitrogen and oxygen atoms in total. The van der Waals surface area contributed by atoms with Crippen molar-refractivity contribution < 1.29 is 4.39 Å². The molecule has 76 valence electrons. The van der Waals surface area contributed by atoms with Crippen LogP contribution < -0.4 is 5.73 Å². The highest BCUT2D eigenvalue weighted by molar-refractivity contribution is 5.30. The van der Waals surface area contributed by atoms with E-state index in [-0.39, 0.29) is 0 Å². The molecule has 1 atom stereocenters. The molecule has 1 unspecified atom stereocenters.